The van der Waals surface area contributed by atoms with Crippen molar-refractivity contribution in [2.24, 2.45) is 0 Å². The van der Waals surface area contributed by atoms with Gasteiger partial charge >= 0.3 is 0 Å². The SMILES string of the molecule is CCc1c(C)nn(C(C)C(C)O)c1C. The summed E-state index contributed by atoms with van der Waals surface area (Å²) in [4.78, 5) is 0. The van der Waals surface area contributed by atoms with Crippen LogP contribution in [-0.2, 0) is 6.42 Å². The molecular weight excluding hydrogens is 176 g/mol. The Balaban J connectivity index is 3.11. The number of nitrogens with zero attached hydrogens (tertiary/aromatic N) is 2. The van der Waals surface area contributed by atoms with Crippen LogP contribution in [0.2, 0.25) is 0 Å². The van der Waals surface area contributed by atoms with E-state index in [0.717, 1.165) is 12.1 Å². The van der Waals surface area contributed by atoms with E-state index in [2.05, 4.69) is 18.9 Å². The van der Waals surface area contributed by atoms with Crippen LogP contribution >= 0.6 is 0 Å². The fraction of sp³-hybridized carbons (Fsp3) is 0.727. The molecule has 1 aromatic rings. The van der Waals surface area contributed by atoms with Crippen molar-refractivity contribution in [1.82, 2.24) is 9.78 Å². The van der Waals surface area contributed by atoms with Crippen LogP contribution in [-0.4, -0.2) is 21.0 Å². The molecule has 0 aliphatic heterocycles. The number of aromatic nitrogens is 2. The lowest BCUT2D eigenvalue weighted by atomic mass is 10.1. The number of aliphatic hydroxyl groups is 1. The molecule has 0 spiro atoms. The van der Waals surface area contributed by atoms with Crippen LogP contribution in [0.25, 0.3) is 0 Å². The summed E-state index contributed by atoms with van der Waals surface area (Å²) in [5.41, 5.74) is 3.56. The Morgan fingerprint density at radius 1 is 1.36 bits per heavy atom. The van der Waals surface area contributed by atoms with E-state index in [4.69, 9.17) is 0 Å². The molecule has 0 saturated heterocycles. The van der Waals surface area contributed by atoms with Crippen LogP contribution < -0.4 is 0 Å². The van der Waals surface area contributed by atoms with Crippen LogP contribution in [0.4, 0.5) is 0 Å². The first-order chi connectivity index (χ1) is 6.49. The first-order valence-electron chi connectivity index (χ1n) is 5.21. The summed E-state index contributed by atoms with van der Waals surface area (Å²) in [5, 5.41) is 14.0. The van der Waals surface area contributed by atoms with E-state index in [9.17, 15) is 5.11 Å². The summed E-state index contributed by atoms with van der Waals surface area (Å²) in [6.45, 7) is 10.0. The molecule has 14 heavy (non-hydrogen) atoms. The molecule has 0 aromatic carbocycles. The molecule has 1 N–H and O–H groups in total. The maximum Gasteiger partial charge on any atom is 0.0750 e. The van der Waals surface area contributed by atoms with Gasteiger partial charge in [-0.1, -0.05) is 6.92 Å². The lowest BCUT2D eigenvalue weighted by molar-refractivity contribution is 0.131. The summed E-state index contributed by atoms with van der Waals surface area (Å²) in [7, 11) is 0. The third-order valence-corrected chi connectivity index (χ3v) is 2.91. The lowest BCUT2D eigenvalue weighted by Gasteiger charge is -2.17. The predicted octanol–water partition coefficient (Wildman–Crippen LogP) is 2.00. The molecule has 0 aliphatic carbocycles. The fourth-order valence-corrected chi connectivity index (χ4v) is 1.81. The van der Waals surface area contributed by atoms with Crippen LogP contribution in [0.3, 0.4) is 0 Å². The fourth-order valence-electron chi connectivity index (χ4n) is 1.81. The molecule has 80 valence electrons. The van der Waals surface area contributed by atoms with Crippen molar-refractivity contribution in [3.8, 4) is 0 Å². The normalized spacial score (nSPS) is 15.6. The maximum atomic E-state index is 9.51. The quantitative estimate of drug-likeness (QED) is 0.803. The zero-order valence-corrected chi connectivity index (χ0v) is 9.70. The lowest BCUT2D eigenvalue weighted by Crippen LogP contribution is -2.20. The van der Waals surface area contributed by atoms with Gasteiger partial charge in [-0.25, -0.2) is 0 Å². The molecular formula is C11H20N2O. The van der Waals surface area contributed by atoms with Gasteiger partial charge in [-0.05, 0) is 39.7 Å². The molecule has 1 rings (SSSR count). The summed E-state index contributed by atoms with van der Waals surface area (Å²) in [6.07, 6.45) is 0.641. The van der Waals surface area contributed by atoms with Crippen LogP contribution in [0.1, 0.15) is 43.8 Å². The van der Waals surface area contributed by atoms with Crippen molar-refractivity contribution in [2.75, 3.05) is 0 Å². The Bertz CT molecular complexity index is 315. The molecule has 0 amide bonds. The van der Waals surface area contributed by atoms with E-state index in [0.29, 0.717) is 0 Å². The molecule has 2 unspecified atom stereocenters. The predicted molar refractivity (Wildman–Crippen MR) is 57.5 cm³/mol. The zero-order chi connectivity index (χ0) is 10.9. The average molecular weight is 196 g/mol. The molecule has 1 aromatic heterocycles. The van der Waals surface area contributed by atoms with Gasteiger partial charge in [0.25, 0.3) is 0 Å². The Kier molecular flexibility index (Phi) is 3.32. The molecule has 3 nitrogen and oxygen atoms in total. The number of hydrogen-bond donors (Lipinski definition) is 1. The molecule has 0 aliphatic rings. The van der Waals surface area contributed by atoms with Crippen molar-refractivity contribution < 1.29 is 5.11 Å². The van der Waals surface area contributed by atoms with Gasteiger partial charge in [0, 0.05) is 5.69 Å². The van der Waals surface area contributed by atoms with Crippen molar-refractivity contribution in [3.05, 3.63) is 17.0 Å². The van der Waals surface area contributed by atoms with Crippen LogP contribution in [0.5, 0.6) is 0 Å². The monoisotopic (exact) mass is 196 g/mol. The van der Waals surface area contributed by atoms with Gasteiger partial charge in [0.15, 0.2) is 0 Å². The molecule has 0 radical (unpaired) electrons. The average Bonchev–Trinajstić information content (AvgIpc) is 2.40. The molecule has 1 heterocycles. The van der Waals surface area contributed by atoms with E-state index < -0.39 is 0 Å². The van der Waals surface area contributed by atoms with Crippen molar-refractivity contribution in [2.45, 2.75) is 53.2 Å². The van der Waals surface area contributed by atoms with Crippen molar-refractivity contribution >= 4 is 0 Å². The highest BCUT2D eigenvalue weighted by Gasteiger charge is 2.17. The van der Waals surface area contributed by atoms with E-state index in [1.807, 2.05) is 18.5 Å². The van der Waals surface area contributed by atoms with Gasteiger partial charge in [0.05, 0.1) is 17.8 Å². The largest absolute Gasteiger partial charge is 0.391 e. The zero-order valence-electron chi connectivity index (χ0n) is 9.70. The first-order valence-corrected chi connectivity index (χ1v) is 5.21. The Morgan fingerprint density at radius 2 is 1.93 bits per heavy atom. The summed E-state index contributed by atoms with van der Waals surface area (Å²) >= 11 is 0. The molecule has 0 saturated carbocycles. The standard InChI is InChI=1S/C11H20N2O/c1-6-11-7(2)12-13(9(11)4)8(3)10(5)14/h8,10,14H,6H2,1-5H3. The smallest absolute Gasteiger partial charge is 0.0750 e. The van der Waals surface area contributed by atoms with Crippen molar-refractivity contribution in [3.63, 3.8) is 0 Å². The highest BCUT2D eigenvalue weighted by molar-refractivity contribution is 5.24. The Hall–Kier alpha value is -0.830. The summed E-state index contributed by atoms with van der Waals surface area (Å²) in [6, 6.07) is 0.0500. The maximum absolute atomic E-state index is 9.51. The van der Waals surface area contributed by atoms with Gasteiger partial charge in [-0.3, -0.25) is 4.68 Å². The van der Waals surface area contributed by atoms with Gasteiger partial charge in [-0.2, -0.15) is 5.10 Å². The van der Waals surface area contributed by atoms with E-state index in [1.165, 1.54) is 11.3 Å². The van der Waals surface area contributed by atoms with E-state index in [-0.39, 0.29) is 12.1 Å². The van der Waals surface area contributed by atoms with Crippen molar-refractivity contribution in [1.29, 1.82) is 0 Å². The second-order valence-electron chi connectivity index (χ2n) is 3.93. The summed E-state index contributed by atoms with van der Waals surface area (Å²) in [5.74, 6) is 0. The number of hydrogen-bond acceptors (Lipinski definition) is 2. The van der Waals surface area contributed by atoms with Gasteiger partial charge in [0.2, 0.25) is 0 Å². The second kappa shape index (κ2) is 4.13. The minimum Gasteiger partial charge on any atom is -0.391 e. The second-order valence-corrected chi connectivity index (χ2v) is 3.93. The highest BCUT2D eigenvalue weighted by atomic mass is 16.3. The third-order valence-electron chi connectivity index (χ3n) is 2.91. The topological polar surface area (TPSA) is 38.0 Å². The van der Waals surface area contributed by atoms with E-state index >= 15 is 0 Å². The Labute approximate surface area is 85.8 Å². The minimum absolute atomic E-state index is 0.0500. The molecule has 0 bridgehead atoms. The molecule has 3 heteroatoms. The first kappa shape index (κ1) is 11.2. The van der Waals surface area contributed by atoms with Crippen LogP contribution in [0, 0.1) is 13.8 Å². The van der Waals surface area contributed by atoms with Gasteiger partial charge in [-0.15, -0.1) is 0 Å². The van der Waals surface area contributed by atoms with Gasteiger partial charge in [0.1, 0.15) is 0 Å². The van der Waals surface area contributed by atoms with Gasteiger partial charge < -0.3 is 5.11 Å². The highest BCUT2D eigenvalue weighted by Crippen LogP contribution is 2.19. The Morgan fingerprint density at radius 3 is 2.29 bits per heavy atom. The minimum atomic E-state index is -0.363. The molecule has 0 fully saturated rings. The van der Waals surface area contributed by atoms with Crippen LogP contribution in [0.15, 0.2) is 0 Å². The van der Waals surface area contributed by atoms with E-state index in [1.54, 1.807) is 6.92 Å². The number of aliphatic hydroxyl groups excluding tert-OH is 1. The molecule has 2 atom stereocenters. The number of aryl methyl sites for hydroxylation is 1. The number of rotatable bonds is 3. The summed E-state index contributed by atoms with van der Waals surface area (Å²) < 4.78 is 1.93. The third kappa shape index (κ3) is 1.82.